The molecule has 1 amide bonds. The highest BCUT2D eigenvalue weighted by Crippen LogP contribution is 2.43. The second-order valence-electron chi connectivity index (χ2n) is 18.8. The fourth-order valence-electron chi connectivity index (χ4n) is 9.86. The molecule has 0 unspecified atom stereocenters. The number of anilines is 2. The lowest BCUT2D eigenvalue weighted by molar-refractivity contribution is -0.384. The van der Waals surface area contributed by atoms with Gasteiger partial charge in [-0.2, -0.15) is 0 Å². The van der Waals surface area contributed by atoms with Crippen LogP contribution in [-0.2, 0) is 14.8 Å². The number of H-pyrrole nitrogens is 1. The Morgan fingerprint density at radius 1 is 1.00 bits per heavy atom. The Balaban J connectivity index is 0.900. The molecule has 5 heterocycles. The summed E-state index contributed by atoms with van der Waals surface area (Å²) in [7, 11) is -4.57. The largest absolute Gasteiger partial charge is 0.455 e. The number of nitro benzene ring substituents is 1. The summed E-state index contributed by atoms with van der Waals surface area (Å²) in [5.74, 6) is -0.170. The van der Waals surface area contributed by atoms with Gasteiger partial charge >= 0.3 is 0 Å². The van der Waals surface area contributed by atoms with Crippen molar-refractivity contribution < 1.29 is 27.6 Å². The van der Waals surface area contributed by atoms with Crippen molar-refractivity contribution in [2.24, 2.45) is 11.3 Å². The van der Waals surface area contributed by atoms with Crippen molar-refractivity contribution in [3.8, 4) is 11.5 Å². The maximum atomic E-state index is 14.0. The number of aromatic nitrogens is 2. The number of carbonyl (C=O) groups is 1. The Kier molecular flexibility index (Phi) is 13.4. The third kappa shape index (κ3) is 10.5. The maximum Gasteiger partial charge on any atom is 0.293 e. The van der Waals surface area contributed by atoms with Gasteiger partial charge in [-0.15, -0.1) is 0 Å². The van der Waals surface area contributed by atoms with Crippen LogP contribution in [0, 0.1) is 21.4 Å². The molecule has 15 nitrogen and oxygen atoms in total. The normalized spacial score (nSPS) is 19.9. The molecule has 1 atom stereocenters. The van der Waals surface area contributed by atoms with Gasteiger partial charge in [0, 0.05) is 99.5 Å². The van der Waals surface area contributed by atoms with Crippen molar-refractivity contribution in [2.75, 3.05) is 75.8 Å². The van der Waals surface area contributed by atoms with Gasteiger partial charge < -0.3 is 24.7 Å². The fraction of sp³-hybridized carbons (Fsp3) is 0.429. The number of carbonyl (C=O) groups excluding carboxylic acids is 1. The zero-order valence-electron chi connectivity index (χ0n) is 37.4. The molecule has 4 aliphatic rings. The topological polar surface area (TPSA) is 175 Å². The number of nitro groups is 1. The number of piperazine rings is 1. The average molecular weight is 938 g/mol. The van der Waals surface area contributed by atoms with Crippen molar-refractivity contribution in [3.63, 3.8) is 0 Å². The molecule has 1 aliphatic carbocycles. The number of nitrogens with one attached hydrogen (secondary N) is 3. The number of hydrogen-bond acceptors (Lipinski definition) is 12. The van der Waals surface area contributed by atoms with E-state index in [1.165, 1.54) is 35.0 Å². The van der Waals surface area contributed by atoms with E-state index in [9.17, 15) is 23.3 Å². The first-order valence-corrected chi connectivity index (χ1v) is 24.7. The van der Waals surface area contributed by atoms with Gasteiger partial charge in [-0.3, -0.25) is 24.7 Å². The Bertz CT molecular complexity index is 2730. The lowest BCUT2D eigenvalue weighted by atomic mass is 9.72. The average Bonchev–Trinajstić information content (AvgIpc) is 3.99. The number of sulfonamides is 1. The standard InChI is InChI=1S/C49H57ClN8O7S/c1-49(2)16-11-36(43(28-49)34-3-5-37(50)6-4-34)32-55-19-21-56(22-20-55)39-7-9-42(46(26-39)65-40-25-35-12-17-51-47(35)53-30-40)48(59)54-66(62,63)41-8-10-44(45(27-41)58(60)61)52-29-33-13-18-57(31-33)38-14-23-64-24-15-38/h3-10,12,17,25-27,30,33,38,52H,11,13-16,18-24,28-29,31-32H2,1-2H3,(H,51,53)(H,54,59)/t33-/m0/s1. The van der Waals surface area contributed by atoms with Crippen LogP contribution in [0.15, 0.2) is 95.7 Å². The number of halogens is 1. The van der Waals surface area contributed by atoms with Crippen LogP contribution in [0.1, 0.15) is 68.3 Å². The van der Waals surface area contributed by atoms with E-state index in [2.05, 4.69) is 60.7 Å². The van der Waals surface area contributed by atoms with Crippen molar-refractivity contribution >= 4 is 61.2 Å². The number of amides is 1. The van der Waals surface area contributed by atoms with E-state index in [4.69, 9.17) is 21.1 Å². The van der Waals surface area contributed by atoms with Crippen LogP contribution >= 0.6 is 11.6 Å². The highest BCUT2D eigenvalue weighted by molar-refractivity contribution is 7.90. The number of ether oxygens (including phenoxy) is 2. The summed E-state index contributed by atoms with van der Waals surface area (Å²) in [6.07, 6.45) is 9.46. The summed E-state index contributed by atoms with van der Waals surface area (Å²) in [6, 6.07) is 21.1. The molecular formula is C49H57ClN8O7S. The second kappa shape index (κ2) is 19.4. The minimum atomic E-state index is -4.57. The molecule has 5 aromatic rings. The van der Waals surface area contributed by atoms with Crippen LogP contribution in [0.2, 0.25) is 5.02 Å². The summed E-state index contributed by atoms with van der Waals surface area (Å²) in [5, 5.41) is 17.0. The number of allylic oxidation sites excluding steroid dienone is 1. The molecule has 0 saturated carbocycles. The molecule has 3 N–H and O–H groups in total. The van der Waals surface area contributed by atoms with Crippen molar-refractivity contribution in [2.45, 2.75) is 63.3 Å². The summed E-state index contributed by atoms with van der Waals surface area (Å²) in [5.41, 5.74) is 5.60. The van der Waals surface area contributed by atoms with Crippen LogP contribution in [0.25, 0.3) is 16.6 Å². The van der Waals surface area contributed by atoms with E-state index >= 15 is 0 Å². The predicted molar refractivity (Wildman–Crippen MR) is 257 cm³/mol. The number of fused-ring (bicyclic) bond motifs is 1. The molecule has 2 aromatic heterocycles. The SMILES string of the molecule is CC1(C)CCC(CN2CCN(c3ccc(C(=O)NS(=O)(=O)c4ccc(NC[C@@H]5CCN(C6CCOCC6)C5)c([N+](=O)[O-])c4)c(Oc4cnc5[nH]ccc5c4)c3)CC2)=C(c2ccc(Cl)cc2)C1. The van der Waals surface area contributed by atoms with Crippen molar-refractivity contribution in [3.05, 3.63) is 117 Å². The molecule has 0 bridgehead atoms. The van der Waals surface area contributed by atoms with Gasteiger partial charge in [0.2, 0.25) is 0 Å². The molecule has 17 heteroatoms. The number of rotatable bonds is 14. The third-order valence-electron chi connectivity index (χ3n) is 13.7. The first kappa shape index (κ1) is 45.6. The zero-order valence-corrected chi connectivity index (χ0v) is 39.0. The van der Waals surface area contributed by atoms with E-state index in [-0.39, 0.29) is 28.3 Å². The molecule has 0 radical (unpaired) electrons. The van der Waals surface area contributed by atoms with Crippen LogP contribution in [0.4, 0.5) is 17.1 Å². The monoisotopic (exact) mass is 936 g/mol. The van der Waals surface area contributed by atoms with Crippen LogP contribution in [0.5, 0.6) is 11.5 Å². The fourth-order valence-corrected chi connectivity index (χ4v) is 11.0. The lowest BCUT2D eigenvalue weighted by Crippen LogP contribution is -2.47. The number of nitrogens with zero attached hydrogens (tertiary/aromatic N) is 5. The van der Waals surface area contributed by atoms with E-state index in [1.54, 1.807) is 30.5 Å². The molecule has 66 heavy (non-hydrogen) atoms. The minimum Gasteiger partial charge on any atom is -0.455 e. The highest BCUT2D eigenvalue weighted by Gasteiger charge is 2.32. The summed E-state index contributed by atoms with van der Waals surface area (Å²) in [4.78, 5) is 40.0. The number of hydrogen-bond donors (Lipinski definition) is 3. The quantitative estimate of drug-likeness (QED) is 0.0715. The first-order valence-electron chi connectivity index (χ1n) is 22.9. The van der Waals surface area contributed by atoms with Gasteiger partial charge in [-0.25, -0.2) is 18.1 Å². The first-order chi connectivity index (χ1) is 31.8. The van der Waals surface area contributed by atoms with Gasteiger partial charge in [-0.1, -0.05) is 43.2 Å². The zero-order chi connectivity index (χ0) is 46.0. The second-order valence-corrected chi connectivity index (χ2v) is 20.9. The number of benzene rings is 3. The Morgan fingerprint density at radius 2 is 1.79 bits per heavy atom. The smallest absolute Gasteiger partial charge is 0.293 e. The maximum absolute atomic E-state index is 14.0. The Morgan fingerprint density at radius 3 is 2.56 bits per heavy atom. The van der Waals surface area contributed by atoms with Crippen LogP contribution in [-0.4, -0.2) is 111 Å². The molecule has 3 aliphatic heterocycles. The van der Waals surface area contributed by atoms with Gasteiger partial charge in [0.25, 0.3) is 21.6 Å². The Labute approximate surface area is 390 Å². The predicted octanol–water partition coefficient (Wildman–Crippen LogP) is 8.73. The van der Waals surface area contributed by atoms with Crippen LogP contribution < -0.4 is 19.7 Å². The molecule has 348 valence electrons. The van der Waals surface area contributed by atoms with Crippen molar-refractivity contribution in [1.82, 2.24) is 24.5 Å². The van der Waals surface area contributed by atoms with Gasteiger partial charge in [0.1, 0.15) is 22.8 Å². The summed E-state index contributed by atoms with van der Waals surface area (Å²) >= 11 is 6.25. The van der Waals surface area contributed by atoms with E-state index in [0.717, 1.165) is 120 Å². The molecule has 3 saturated heterocycles. The number of likely N-dealkylation sites (tertiary alicyclic amines) is 1. The van der Waals surface area contributed by atoms with Gasteiger partial charge in [0.05, 0.1) is 21.6 Å². The van der Waals surface area contributed by atoms with E-state index in [0.29, 0.717) is 24.0 Å². The number of aromatic amines is 1. The molecule has 3 aromatic carbocycles. The molecule has 0 spiro atoms. The Hall–Kier alpha value is -5.52. The summed E-state index contributed by atoms with van der Waals surface area (Å²) in [6.45, 7) is 12.5. The van der Waals surface area contributed by atoms with Crippen LogP contribution in [0.3, 0.4) is 0 Å². The summed E-state index contributed by atoms with van der Waals surface area (Å²) < 4.78 is 41.6. The van der Waals surface area contributed by atoms with E-state index < -0.39 is 31.4 Å². The molecule has 9 rings (SSSR count). The lowest BCUT2D eigenvalue weighted by Gasteiger charge is -2.39. The number of pyridine rings is 1. The van der Waals surface area contributed by atoms with Crippen molar-refractivity contribution in [1.29, 1.82) is 0 Å². The van der Waals surface area contributed by atoms with E-state index in [1.807, 2.05) is 18.2 Å². The third-order valence-corrected chi connectivity index (χ3v) is 15.2. The molecular weight excluding hydrogens is 880 g/mol. The van der Waals surface area contributed by atoms with Gasteiger partial charge in [0.15, 0.2) is 0 Å². The molecule has 3 fully saturated rings. The minimum absolute atomic E-state index is 0.0313. The highest BCUT2D eigenvalue weighted by atomic mass is 35.5. The van der Waals surface area contributed by atoms with Gasteiger partial charge in [-0.05, 0) is 116 Å².